The van der Waals surface area contributed by atoms with Crippen molar-refractivity contribution in [1.82, 2.24) is 0 Å². The SMILES string of the molecule is COC(=[O+]C)C(F)(F)F. The Morgan fingerprint density at radius 1 is 1.44 bits per heavy atom. The van der Waals surface area contributed by atoms with Gasteiger partial charge in [0.25, 0.3) is 0 Å². The number of rotatable bonds is 0. The predicted molar refractivity (Wildman–Crippen MR) is 24.0 cm³/mol. The third-order valence-electron chi connectivity index (χ3n) is 0.602. The Labute approximate surface area is 49.9 Å². The smallest absolute Gasteiger partial charge is 0.318 e. The van der Waals surface area contributed by atoms with Crippen LogP contribution in [-0.4, -0.2) is 26.4 Å². The molecule has 0 aromatic heterocycles. The van der Waals surface area contributed by atoms with Gasteiger partial charge in [-0.3, -0.25) is 0 Å². The molecule has 2 nitrogen and oxygen atoms in total. The van der Waals surface area contributed by atoms with Gasteiger partial charge in [0.1, 0.15) is 0 Å². The molecule has 0 saturated carbocycles. The highest BCUT2D eigenvalue weighted by Gasteiger charge is 2.49. The Kier molecular flexibility index (Phi) is 2.48. The Morgan fingerprint density at radius 3 is 1.89 bits per heavy atom. The molecule has 0 saturated heterocycles. The van der Waals surface area contributed by atoms with Crippen LogP contribution in [0, 0.1) is 0 Å². The van der Waals surface area contributed by atoms with E-state index in [-0.39, 0.29) is 0 Å². The van der Waals surface area contributed by atoms with Crippen molar-refractivity contribution in [3.63, 3.8) is 0 Å². The molecule has 0 atom stereocenters. The lowest BCUT2D eigenvalue weighted by Crippen LogP contribution is -2.25. The predicted octanol–water partition coefficient (Wildman–Crippen LogP) is 0.887. The van der Waals surface area contributed by atoms with Gasteiger partial charge in [-0.2, -0.15) is 13.2 Å². The molecule has 0 radical (unpaired) electrons. The molecule has 0 unspecified atom stereocenters. The van der Waals surface area contributed by atoms with E-state index in [0.29, 0.717) is 0 Å². The molecule has 0 aliphatic heterocycles. The fourth-order valence-corrected chi connectivity index (χ4v) is 0.315. The number of hydrogen-bond acceptors (Lipinski definition) is 1. The third-order valence-corrected chi connectivity index (χ3v) is 0.602. The van der Waals surface area contributed by atoms with E-state index in [1.54, 1.807) is 0 Å². The maximum Gasteiger partial charge on any atom is 0.595 e. The minimum atomic E-state index is -4.51. The van der Waals surface area contributed by atoms with E-state index in [4.69, 9.17) is 0 Å². The fraction of sp³-hybridized carbons (Fsp3) is 0.750. The average Bonchev–Trinajstić information content (AvgIpc) is 1.65. The van der Waals surface area contributed by atoms with Crippen molar-refractivity contribution in [3.05, 3.63) is 0 Å². The van der Waals surface area contributed by atoms with Crippen LogP contribution in [0.15, 0.2) is 0 Å². The molecule has 0 spiro atoms. The lowest BCUT2D eigenvalue weighted by molar-refractivity contribution is -0.443. The Bertz CT molecular complexity index is 115. The van der Waals surface area contributed by atoms with Gasteiger partial charge in [-0.05, 0) is 0 Å². The van der Waals surface area contributed by atoms with Gasteiger partial charge in [-0.1, -0.05) is 0 Å². The van der Waals surface area contributed by atoms with Gasteiger partial charge in [0.05, 0.1) is 0 Å². The summed E-state index contributed by atoms with van der Waals surface area (Å²) in [6, 6.07) is 0. The largest absolute Gasteiger partial charge is 0.595 e. The summed E-state index contributed by atoms with van der Waals surface area (Å²) in [7, 11) is 1.79. The quantitative estimate of drug-likeness (QED) is 0.364. The first-order valence-electron chi connectivity index (χ1n) is 2.04. The van der Waals surface area contributed by atoms with Crippen molar-refractivity contribution >= 4 is 5.97 Å². The topological polar surface area (TPSA) is 20.5 Å². The minimum absolute atomic E-state index is 0.895. The number of halogens is 3. The standard InChI is InChI=1S/C4H6F3O2/c1-8-3(9-2)4(5,6)7/h1-2H3/q+1. The maximum absolute atomic E-state index is 11.4. The first kappa shape index (κ1) is 8.26. The highest BCUT2D eigenvalue weighted by atomic mass is 19.4. The monoisotopic (exact) mass is 143 g/mol. The van der Waals surface area contributed by atoms with E-state index >= 15 is 0 Å². The van der Waals surface area contributed by atoms with Gasteiger partial charge in [0, 0.05) is 0 Å². The third kappa shape index (κ3) is 2.34. The van der Waals surface area contributed by atoms with Gasteiger partial charge in [-0.15, -0.1) is 0 Å². The van der Waals surface area contributed by atoms with Crippen LogP contribution in [0.3, 0.4) is 0 Å². The molecule has 0 amide bonds. The van der Waals surface area contributed by atoms with Crippen LogP contribution >= 0.6 is 0 Å². The molecule has 0 rings (SSSR count). The van der Waals surface area contributed by atoms with Crippen molar-refractivity contribution in [2.24, 2.45) is 0 Å². The van der Waals surface area contributed by atoms with Gasteiger partial charge in [0.2, 0.25) is 0 Å². The van der Waals surface area contributed by atoms with E-state index in [0.717, 1.165) is 14.2 Å². The van der Waals surface area contributed by atoms with Gasteiger partial charge in [-0.25, -0.2) is 0 Å². The second kappa shape index (κ2) is 2.70. The second-order valence-corrected chi connectivity index (χ2v) is 1.19. The molecule has 0 aliphatic carbocycles. The van der Waals surface area contributed by atoms with Crippen LogP contribution in [-0.2, 0) is 9.16 Å². The highest BCUT2D eigenvalue weighted by molar-refractivity contribution is 5.75. The number of ether oxygens (including phenoxy) is 1. The second-order valence-electron chi connectivity index (χ2n) is 1.19. The molecule has 0 aromatic carbocycles. The molecule has 0 aromatic rings. The molecule has 0 fully saturated rings. The summed E-state index contributed by atoms with van der Waals surface area (Å²) in [5.74, 6) is -1.33. The molecule has 0 bridgehead atoms. The molecular formula is C4H6F3O2+. The summed E-state index contributed by atoms with van der Waals surface area (Å²) in [4.78, 5) is 0. The maximum atomic E-state index is 11.4. The minimum Gasteiger partial charge on any atom is -0.318 e. The number of hydrogen-bond donors (Lipinski definition) is 0. The van der Waals surface area contributed by atoms with Crippen molar-refractivity contribution < 1.29 is 22.3 Å². The lowest BCUT2D eigenvalue weighted by Gasteiger charge is -1.94. The summed E-state index contributed by atoms with van der Waals surface area (Å²) >= 11 is 0. The van der Waals surface area contributed by atoms with Crippen LogP contribution in [0.4, 0.5) is 13.2 Å². The van der Waals surface area contributed by atoms with Crippen LogP contribution in [0.5, 0.6) is 0 Å². The molecule has 54 valence electrons. The summed E-state index contributed by atoms with van der Waals surface area (Å²) in [5.41, 5.74) is 0. The van der Waals surface area contributed by atoms with E-state index in [1.165, 1.54) is 0 Å². The summed E-state index contributed by atoms with van der Waals surface area (Å²) in [5, 5.41) is 0. The van der Waals surface area contributed by atoms with E-state index < -0.39 is 12.1 Å². The average molecular weight is 143 g/mol. The van der Waals surface area contributed by atoms with Crippen molar-refractivity contribution in [2.45, 2.75) is 6.18 Å². The van der Waals surface area contributed by atoms with Crippen LogP contribution in [0.25, 0.3) is 0 Å². The summed E-state index contributed by atoms with van der Waals surface area (Å²) in [6.45, 7) is 0. The fourth-order valence-electron chi connectivity index (χ4n) is 0.315. The zero-order valence-electron chi connectivity index (χ0n) is 4.95. The van der Waals surface area contributed by atoms with Crippen molar-refractivity contribution in [2.75, 3.05) is 14.2 Å². The van der Waals surface area contributed by atoms with Crippen LogP contribution in [0.1, 0.15) is 0 Å². The molecule has 5 heteroatoms. The van der Waals surface area contributed by atoms with Crippen molar-refractivity contribution in [1.29, 1.82) is 0 Å². The van der Waals surface area contributed by atoms with E-state index in [9.17, 15) is 13.2 Å². The van der Waals surface area contributed by atoms with Crippen LogP contribution in [0.2, 0.25) is 0 Å². The van der Waals surface area contributed by atoms with Gasteiger partial charge >= 0.3 is 12.1 Å². The first-order chi connectivity index (χ1) is 4.02. The zero-order chi connectivity index (χ0) is 7.49. The number of esters is 1. The van der Waals surface area contributed by atoms with Crippen LogP contribution < -0.4 is 0 Å². The molecule has 0 aliphatic rings. The Hall–Kier alpha value is -0.740. The van der Waals surface area contributed by atoms with Gasteiger partial charge in [0.15, 0.2) is 14.2 Å². The molecular weight excluding hydrogens is 137 g/mol. The first-order valence-corrected chi connectivity index (χ1v) is 2.04. The van der Waals surface area contributed by atoms with Crippen molar-refractivity contribution in [3.8, 4) is 0 Å². The van der Waals surface area contributed by atoms with Gasteiger partial charge < -0.3 is 9.16 Å². The van der Waals surface area contributed by atoms with E-state index in [2.05, 4.69) is 9.16 Å². The Morgan fingerprint density at radius 2 is 1.89 bits per heavy atom. The zero-order valence-corrected chi connectivity index (χ0v) is 4.95. The molecule has 9 heavy (non-hydrogen) atoms. The summed E-state index contributed by atoms with van der Waals surface area (Å²) < 4.78 is 42.0. The number of alkyl halides is 3. The Balaban J connectivity index is 4.14. The number of carbonyl (C=O) groups excluding carboxylic acids is 1. The summed E-state index contributed by atoms with van der Waals surface area (Å²) in [6.07, 6.45) is -4.51. The lowest BCUT2D eigenvalue weighted by atomic mass is 10.7. The highest BCUT2D eigenvalue weighted by Crippen LogP contribution is 2.15. The number of methoxy groups -OCH3 is 1. The normalized spacial score (nSPS) is 13.7. The molecule has 0 N–H and O–H groups in total. The molecule has 0 heterocycles. The van der Waals surface area contributed by atoms with E-state index in [1.807, 2.05) is 0 Å².